The number of hydrogen-bond donors (Lipinski definition) is 0. The molecule has 0 spiro atoms. The third-order valence-electron chi connectivity index (χ3n) is 3.02. The summed E-state index contributed by atoms with van der Waals surface area (Å²) < 4.78 is 131. The van der Waals surface area contributed by atoms with Gasteiger partial charge in [-0.25, -0.2) is 9.13 Å². The van der Waals surface area contributed by atoms with Crippen molar-refractivity contribution in [2.45, 2.75) is 50.0 Å². The predicted molar refractivity (Wildman–Crippen MR) is 70.1 cm³/mol. The Labute approximate surface area is 146 Å². The monoisotopic (exact) mass is 440 g/mol. The first-order valence-electron chi connectivity index (χ1n) is 7.04. The summed E-state index contributed by atoms with van der Waals surface area (Å²) in [6.07, 6.45) is -5.35. The first-order chi connectivity index (χ1) is 11.8. The molecule has 15 heteroatoms. The molecular formula is C12H15F10N2O2P. The van der Waals surface area contributed by atoms with Gasteiger partial charge in [0.05, 0.1) is 13.6 Å². The Morgan fingerprint density at radius 2 is 1.37 bits per heavy atom. The molecule has 0 atom stereocenters. The number of hydrogen-bond acceptors (Lipinski definition) is 2. The number of aromatic nitrogens is 2. The molecule has 0 saturated heterocycles. The molecule has 1 heterocycles. The highest BCUT2D eigenvalue weighted by atomic mass is 31.2. The van der Waals surface area contributed by atoms with Crippen molar-refractivity contribution in [1.29, 1.82) is 0 Å². The van der Waals surface area contributed by atoms with E-state index in [2.05, 4.69) is 34.8 Å². The largest absolute Gasteiger partial charge is 0.790 e. The third-order valence-corrected chi connectivity index (χ3v) is 5.00. The fraction of sp³-hybridized carbons (Fsp3) is 0.750. The van der Waals surface area contributed by atoms with Crippen LogP contribution in [0.2, 0.25) is 0 Å². The highest BCUT2D eigenvalue weighted by Crippen LogP contribution is 2.72. The van der Waals surface area contributed by atoms with Crippen LogP contribution in [0.25, 0.3) is 0 Å². The molecule has 0 unspecified atom stereocenters. The Morgan fingerprint density at radius 1 is 0.963 bits per heavy atom. The summed E-state index contributed by atoms with van der Waals surface area (Å²) in [7, 11) is -6.46. The topological polar surface area (TPSA) is 48.9 Å². The molecule has 0 aliphatic carbocycles. The summed E-state index contributed by atoms with van der Waals surface area (Å²) in [6, 6.07) is 0. The van der Waals surface area contributed by atoms with E-state index in [4.69, 9.17) is 0 Å². The number of unbranched alkanes of at least 4 members (excludes halogenated alkanes) is 1. The molecule has 1 aromatic heterocycles. The van der Waals surface area contributed by atoms with E-state index >= 15 is 0 Å². The number of halogens is 10. The molecule has 0 aliphatic heterocycles. The second-order valence-electron chi connectivity index (χ2n) is 5.30. The van der Waals surface area contributed by atoms with Crippen molar-refractivity contribution in [3.8, 4) is 0 Å². The molecule has 0 saturated carbocycles. The number of alkyl halides is 10. The molecule has 0 aromatic carbocycles. The summed E-state index contributed by atoms with van der Waals surface area (Å²) >= 11 is 0. The van der Waals surface area contributed by atoms with Crippen LogP contribution in [-0.2, 0) is 18.2 Å². The Bertz CT molecular complexity index is 623. The highest BCUT2D eigenvalue weighted by Gasteiger charge is 2.78. The number of imidazole rings is 1. The molecular weight excluding hydrogens is 425 g/mol. The molecule has 0 fully saturated rings. The van der Waals surface area contributed by atoms with Gasteiger partial charge in [-0.05, 0) is 6.42 Å². The van der Waals surface area contributed by atoms with Crippen LogP contribution in [0.4, 0.5) is 43.9 Å². The quantitative estimate of drug-likeness (QED) is 0.394. The zero-order valence-electron chi connectivity index (χ0n) is 13.8. The van der Waals surface area contributed by atoms with Crippen LogP contribution in [0.3, 0.4) is 0 Å². The maximum Gasteiger partial charge on any atom is 0.459 e. The van der Waals surface area contributed by atoms with E-state index in [1.54, 1.807) is 0 Å². The molecule has 0 aliphatic rings. The fourth-order valence-corrected chi connectivity index (χ4v) is 2.51. The minimum absolute atomic E-state index is 1.15. The first-order valence-corrected chi connectivity index (χ1v) is 8.66. The van der Waals surface area contributed by atoms with Gasteiger partial charge in [-0.1, -0.05) is 13.3 Å². The predicted octanol–water partition coefficient (Wildman–Crippen LogP) is 4.05. The maximum absolute atomic E-state index is 12.1. The minimum atomic E-state index is -8.51. The summed E-state index contributed by atoms with van der Waals surface area (Å²) in [5, 5.41) is 0. The van der Waals surface area contributed by atoms with E-state index in [0.717, 1.165) is 6.54 Å². The zero-order chi connectivity index (χ0) is 21.9. The number of rotatable bonds is 5. The molecule has 160 valence electrons. The van der Waals surface area contributed by atoms with Crippen molar-refractivity contribution < 1.29 is 57.9 Å². The van der Waals surface area contributed by atoms with Gasteiger partial charge >= 0.3 is 23.7 Å². The summed E-state index contributed by atoms with van der Waals surface area (Å²) in [5.41, 5.74) is -14.4. The van der Waals surface area contributed by atoms with Crippen molar-refractivity contribution in [2.75, 3.05) is 0 Å². The lowest BCUT2D eigenvalue weighted by molar-refractivity contribution is -0.696. The molecule has 4 nitrogen and oxygen atoms in total. The van der Waals surface area contributed by atoms with E-state index < -0.39 is 31.0 Å². The van der Waals surface area contributed by atoms with Crippen molar-refractivity contribution in [1.82, 2.24) is 4.57 Å². The number of aryl methyl sites for hydroxylation is 2. The Balaban J connectivity index is 0.000000569. The van der Waals surface area contributed by atoms with Crippen LogP contribution in [0.1, 0.15) is 19.8 Å². The van der Waals surface area contributed by atoms with Gasteiger partial charge in [-0.15, -0.1) is 0 Å². The lowest BCUT2D eigenvalue weighted by Gasteiger charge is -2.38. The third kappa shape index (κ3) is 5.59. The van der Waals surface area contributed by atoms with Gasteiger partial charge in [0.1, 0.15) is 12.4 Å². The molecule has 1 rings (SSSR count). The van der Waals surface area contributed by atoms with Crippen LogP contribution in [-0.4, -0.2) is 28.2 Å². The maximum atomic E-state index is 12.1. The van der Waals surface area contributed by atoms with E-state index in [1.807, 2.05) is 7.05 Å². The SMILES string of the molecule is CCCC[n+]1ccn(C)c1.O=P([O-])(C(F)(F)C(F)(F)F)C(F)(F)C(F)(F)F. The van der Waals surface area contributed by atoms with Gasteiger partial charge in [-0.3, -0.25) is 0 Å². The van der Waals surface area contributed by atoms with Gasteiger partial charge < -0.3 is 9.46 Å². The van der Waals surface area contributed by atoms with Gasteiger partial charge in [0.15, 0.2) is 7.37 Å². The normalized spacial score (nSPS) is 14.0. The Hall–Kier alpha value is -1.30. The molecule has 0 N–H and O–H groups in total. The van der Waals surface area contributed by atoms with Crippen molar-refractivity contribution in [2.24, 2.45) is 7.05 Å². The van der Waals surface area contributed by atoms with Crippen LogP contribution in [0.5, 0.6) is 0 Å². The average molecular weight is 440 g/mol. The van der Waals surface area contributed by atoms with E-state index in [1.165, 1.54) is 12.8 Å². The summed E-state index contributed by atoms with van der Waals surface area (Å²) in [5.74, 6) is 0. The molecule has 0 amide bonds. The van der Waals surface area contributed by atoms with Crippen molar-refractivity contribution >= 4 is 7.37 Å². The van der Waals surface area contributed by atoms with E-state index in [-0.39, 0.29) is 0 Å². The molecule has 0 bridgehead atoms. The second kappa shape index (κ2) is 8.38. The van der Waals surface area contributed by atoms with Crippen molar-refractivity contribution in [3.63, 3.8) is 0 Å². The van der Waals surface area contributed by atoms with Crippen LogP contribution >= 0.6 is 7.37 Å². The van der Waals surface area contributed by atoms with Gasteiger partial charge in [0, 0.05) is 0 Å². The van der Waals surface area contributed by atoms with Crippen LogP contribution in [0.15, 0.2) is 18.7 Å². The second-order valence-corrected chi connectivity index (χ2v) is 7.53. The van der Waals surface area contributed by atoms with Crippen LogP contribution in [0, 0.1) is 0 Å². The average Bonchev–Trinajstić information content (AvgIpc) is 2.88. The fourth-order valence-electron chi connectivity index (χ4n) is 1.48. The van der Waals surface area contributed by atoms with Gasteiger partial charge in [-0.2, -0.15) is 43.9 Å². The standard InChI is InChI=1S/C8H15N2.C4HF10O2P/c1-3-4-5-10-7-6-9(2)8-10;5-1(6,7)3(11,12)17(15,16)4(13,14)2(8,9)10/h6-8H,3-5H2,1-2H3;(H,15,16)/q+1;/p-1. The van der Waals surface area contributed by atoms with Gasteiger partial charge in [0.2, 0.25) is 6.33 Å². The van der Waals surface area contributed by atoms with E-state index in [9.17, 15) is 53.4 Å². The Morgan fingerprint density at radius 3 is 1.63 bits per heavy atom. The van der Waals surface area contributed by atoms with Crippen LogP contribution < -0.4 is 9.46 Å². The molecule has 1 aromatic rings. The lowest BCUT2D eigenvalue weighted by Crippen LogP contribution is -2.50. The van der Waals surface area contributed by atoms with Crippen molar-refractivity contribution in [3.05, 3.63) is 18.7 Å². The smallest absolute Gasteiger partial charge is 0.459 e. The molecule has 27 heavy (non-hydrogen) atoms. The van der Waals surface area contributed by atoms with Gasteiger partial charge in [0.25, 0.3) is 0 Å². The summed E-state index contributed by atoms with van der Waals surface area (Å²) in [6.45, 7) is 3.36. The van der Waals surface area contributed by atoms with E-state index in [0.29, 0.717) is 0 Å². The minimum Gasteiger partial charge on any atom is -0.790 e. The zero-order valence-corrected chi connectivity index (χ0v) is 14.7. The molecule has 0 radical (unpaired) electrons. The number of nitrogens with zero attached hydrogens (tertiary/aromatic N) is 2. The highest BCUT2D eigenvalue weighted by molar-refractivity contribution is 7.59. The Kier molecular flexibility index (Phi) is 7.97. The first kappa shape index (κ1) is 25.7. The summed E-state index contributed by atoms with van der Waals surface area (Å²) in [4.78, 5) is 10.1. The lowest BCUT2D eigenvalue weighted by atomic mass is 10.3.